The Labute approximate surface area is 195 Å². The molecule has 0 aliphatic rings. The summed E-state index contributed by atoms with van der Waals surface area (Å²) >= 11 is 0. The molecule has 0 bridgehead atoms. The van der Waals surface area contributed by atoms with Crippen molar-refractivity contribution in [3.05, 3.63) is 99.4 Å². The predicted molar refractivity (Wildman–Crippen MR) is 131 cm³/mol. The van der Waals surface area contributed by atoms with Crippen LogP contribution in [-0.2, 0) is 13.2 Å². The van der Waals surface area contributed by atoms with E-state index in [-0.39, 0.29) is 29.4 Å². The predicted octanol–water partition coefficient (Wildman–Crippen LogP) is 4.03. The molecule has 0 aliphatic carbocycles. The topological polar surface area (TPSA) is 105 Å². The maximum Gasteiger partial charge on any atom is 0.196 e. The standard InChI is InChI=1S/C29H18N2O3/c30-13-21(14-31)26-24-11-9-22(19-5-1-17(15-32)2-6-19)27-23(10-12-25(28(24)27)29(26)34)20-7-3-18(16-33)4-8-20/h1-12,32-33H,15-16H2. The van der Waals surface area contributed by atoms with Gasteiger partial charge >= 0.3 is 0 Å². The molecule has 0 aliphatic heterocycles. The molecule has 0 saturated heterocycles. The summed E-state index contributed by atoms with van der Waals surface area (Å²) in [7, 11) is 0. The zero-order valence-corrected chi connectivity index (χ0v) is 18.0. The third-order valence-corrected chi connectivity index (χ3v) is 6.27. The molecule has 0 saturated carbocycles. The van der Waals surface area contributed by atoms with E-state index < -0.39 is 0 Å². The zero-order chi connectivity index (χ0) is 23.8. The lowest BCUT2D eigenvalue weighted by atomic mass is 9.89. The number of hydrogen-bond acceptors (Lipinski definition) is 5. The normalized spacial score (nSPS) is 10.9. The van der Waals surface area contributed by atoms with Gasteiger partial charge in [0, 0.05) is 10.8 Å². The van der Waals surface area contributed by atoms with E-state index in [1.807, 2.05) is 72.8 Å². The highest BCUT2D eigenvalue weighted by Crippen LogP contribution is 2.40. The first kappa shape index (κ1) is 21.3. The second-order valence-electron chi connectivity index (χ2n) is 8.08. The molecule has 0 heterocycles. The molecule has 5 heteroatoms. The molecule has 2 N–H and O–H groups in total. The maximum atomic E-state index is 13.3. The van der Waals surface area contributed by atoms with Crippen LogP contribution in [0.2, 0.25) is 0 Å². The van der Waals surface area contributed by atoms with Crippen LogP contribution in [0.4, 0.5) is 0 Å². The average molecular weight is 442 g/mol. The van der Waals surface area contributed by atoms with Crippen LogP contribution >= 0.6 is 0 Å². The summed E-state index contributed by atoms with van der Waals surface area (Å²) in [4.78, 5) is 13.3. The van der Waals surface area contributed by atoms with Crippen molar-refractivity contribution < 1.29 is 10.2 Å². The third-order valence-electron chi connectivity index (χ3n) is 6.27. The van der Waals surface area contributed by atoms with Crippen molar-refractivity contribution in [2.75, 3.05) is 0 Å². The Morgan fingerprint density at radius 1 is 0.647 bits per heavy atom. The summed E-state index contributed by atoms with van der Waals surface area (Å²) in [5.41, 5.74) is 4.70. The molecule has 0 aromatic heterocycles. The third kappa shape index (κ3) is 3.20. The Morgan fingerprint density at radius 3 is 1.56 bits per heavy atom. The van der Waals surface area contributed by atoms with E-state index in [2.05, 4.69) is 0 Å². The van der Waals surface area contributed by atoms with Crippen molar-refractivity contribution in [2.24, 2.45) is 0 Å². The number of nitriles is 2. The van der Waals surface area contributed by atoms with Gasteiger partial charge in [-0.2, -0.15) is 10.5 Å². The molecule has 0 amide bonds. The maximum absolute atomic E-state index is 13.3. The fraction of sp³-hybridized carbons (Fsp3) is 0.0690. The first-order chi connectivity index (χ1) is 16.6. The largest absolute Gasteiger partial charge is 0.392 e. The molecule has 0 fully saturated rings. The van der Waals surface area contributed by atoms with Crippen LogP contribution in [0.1, 0.15) is 11.1 Å². The number of benzene rings is 4. The monoisotopic (exact) mass is 442 g/mol. The number of hydrogen-bond donors (Lipinski definition) is 2. The molecule has 5 aromatic carbocycles. The lowest BCUT2D eigenvalue weighted by Gasteiger charge is -2.14. The van der Waals surface area contributed by atoms with E-state index in [0.717, 1.165) is 44.2 Å². The second kappa shape index (κ2) is 8.42. The Morgan fingerprint density at radius 2 is 1.12 bits per heavy atom. The van der Waals surface area contributed by atoms with Crippen molar-refractivity contribution in [3.8, 4) is 34.4 Å². The minimum Gasteiger partial charge on any atom is -0.392 e. The van der Waals surface area contributed by atoms with E-state index in [0.29, 0.717) is 10.8 Å². The molecule has 5 nitrogen and oxygen atoms in total. The highest BCUT2D eigenvalue weighted by atomic mass is 16.3. The molecule has 0 spiro atoms. The van der Waals surface area contributed by atoms with Gasteiger partial charge < -0.3 is 10.2 Å². The van der Waals surface area contributed by atoms with Crippen molar-refractivity contribution >= 4 is 27.1 Å². The van der Waals surface area contributed by atoms with Crippen molar-refractivity contribution in [3.63, 3.8) is 0 Å². The minimum atomic E-state index is -0.326. The molecule has 34 heavy (non-hydrogen) atoms. The lowest BCUT2D eigenvalue weighted by molar-refractivity contribution is 0.281. The van der Waals surface area contributed by atoms with E-state index in [4.69, 9.17) is 0 Å². The highest BCUT2D eigenvalue weighted by molar-refractivity contribution is 6.21. The summed E-state index contributed by atoms with van der Waals surface area (Å²) in [5.74, 6) is 0. The van der Waals surface area contributed by atoms with Crippen LogP contribution in [-0.4, -0.2) is 10.2 Å². The van der Waals surface area contributed by atoms with E-state index in [1.165, 1.54) is 0 Å². The van der Waals surface area contributed by atoms with Crippen LogP contribution in [0.3, 0.4) is 0 Å². The quantitative estimate of drug-likeness (QED) is 0.437. The molecule has 0 unspecified atom stereocenters. The highest BCUT2D eigenvalue weighted by Gasteiger charge is 2.20. The zero-order valence-electron chi connectivity index (χ0n) is 18.0. The summed E-state index contributed by atoms with van der Waals surface area (Å²) < 4.78 is 0. The van der Waals surface area contributed by atoms with Crippen LogP contribution < -0.4 is 10.6 Å². The van der Waals surface area contributed by atoms with E-state index in [9.17, 15) is 25.5 Å². The van der Waals surface area contributed by atoms with Crippen LogP contribution in [0.15, 0.2) is 77.6 Å². The fourth-order valence-corrected chi connectivity index (χ4v) is 4.60. The fourth-order valence-electron chi connectivity index (χ4n) is 4.60. The molecule has 0 radical (unpaired) electrons. The Balaban J connectivity index is 1.96. The van der Waals surface area contributed by atoms with Crippen molar-refractivity contribution in [1.82, 2.24) is 0 Å². The van der Waals surface area contributed by atoms with Gasteiger partial charge in [0.25, 0.3) is 0 Å². The first-order valence-corrected chi connectivity index (χ1v) is 10.7. The summed E-state index contributed by atoms with van der Waals surface area (Å²) in [6, 6.07) is 26.2. The van der Waals surface area contributed by atoms with Crippen molar-refractivity contribution in [2.45, 2.75) is 13.2 Å². The van der Waals surface area contributed by atoms with Gasteiger partial charge in [-0.3, -0.25) is 4.79 Å². The van der Waals surface area contributed by atoms with Gasteiger partial charge in [-0.1, -0.05) is 66.7 Å². The minimum absolute atomic E-state index is 0.0552. The van der Waals surface area contributed by atoms with E-state index >= 15 is 0 Å². The molecule has 5 rings (SSSR count). The van der Waals surface area contributed by atoms with Gasteiger partial charge in [-0.25, -0.2) is 0 Å². The van der Waals surface area contributed by atoms with Crippen LogP contribution in [0.5, 0.6) is 0 Å². The van der Waals surface area contributed by atoms with E-state index in [1.54, 1.807) is 12.1 Å². The van der Waals surface area contributed by atoms with Crippen LogP contribution in [0, 0.1) is 22.7 Å². The molecule has 0 atom stereocenters. The number of aliphatic hydroxyl groups excluding tert-OH is 2. The van der Waals surface area contributed by atoms with Crippen molar-refractivity contribution in [1.29, 1.82) is 10.5 Å². The summed E-state index contributed by atoms with van der Waals surface area (Å²) in [6.07, 6.45) is 0. The van der Waals surface area contributed by atoms with Gasteiger partial charge in [0.05, 0.1) is 18.4 Å². The van der Waals surface area contributed by atoms with Gasteiger partial charge in [0.1, 0.15) is 17.7 Å². The smallest absolute Gasteiger partial charge is 0.196 e. The van der Waals surface area contributed by atoms with Gasteiger partial charge in [-0.15, -0.1) is 0 Å². The Bertz CT molecular complexity index is 1670. The molecule has 162 valence electrons. The second-order valence-corrected chi connectivity index (χ2v) is 8.08. The molecular formula is C29H18N2O3. The SMILES string of the molecule is N#CC(C#N)=c1c(=O)c2ccc(-c3ccc(CO)cc3)c3c(-c4ccc(CO)cc4)ccc1c32. The average Bonchev–Trinajstić information content (AvgIpc) is 3.18. The summed E-state index contributed by atoms with van der Waals surface area (Å²) in [5, 5.41) is 40.6. The van der Waals surface area contributed by atoms with Crippen LogP contribution in [0.25, 0.3) is 49.4 Å². The van der Waals surface area contributed by atoms with Gasteiger partial charge in [0.15, 0.2) is 5.43 Å². The first-order valence-electron chi connectivity index (χ1n) is 10.7. The number of nitrogens with zero attached hydrogens (tertiary/aromatic N) is 2. The molecular weight excluding hydrogens is 424 g/mol. The number of rotatable bonds is 4. The Hall–Kier alpha value is -4.55. The number of aliphatic hydroxyl groups is 2. The van der Waals surface area contributed by atoms with Gasteiger partial charge in [-0.05, 0) is 50.2 Å². The molecule has 5 aromatic rings. The Kier molecular flexibility index (Phi) is 5.28. The van der Waals surface area contributed by atoms with Gasteiger partial charge in [0.2, 0.25) is 0 Å². The summed E-state index contributed by atoms with van der Waals surface area (Å²) in [6.45, 7) is -0.110. The lowest BCUT2D eigenvalue weighted by Crippen LogP contribution is -2.21.